The third-order valence-electron chi connectivity index (χ3n) is 4.51. The summed E-state index contributed by atoms with van der Waals surface area (Å²) >= 11 is 0. The summed E-state index contributed by atoms with van der Waals surface area (Å²) in [5.41, 5.74) is 2.72. The number of nitrogens with one attached hydrogen (secondary N) is 2. The lowest BCUT2D eigenvalue weighted by Gasteiger charge is -2.20. The van der Waals surface area contributed by atoms with Crippen molar-refractivity contribution in [3.05, 3.63) is 65.5 Å². The van der Waals surface area contributed by atoms with Crippen molar-refractivity contribution in [3.63, 3.8) is 0 Å². The van der Waals surface area contributed by atoms with Crippen LogP contribution in [0.4, 0.5) is 10.1 Å². The topological polar surface area (TPSA) is 73.8 Å². The van der Waals surface area contributed by atoms with Crippen LogP contribution in [0, 0.1) is 5.82 Å². The summed E-state index contributed by atoms with van der Waals surface area (Å²) in [6.07, 6.45) is 0.741. The van der Waals surface area contributed by atoms with Crippen LogP contribution in [0.25, 0.3) is 0 Å². The monoisotopic (exact) mass is 404 g/mol. The molecule has 0 saturated heterocycles. The fraction of sp³-hybridized carbons (Fsp3) is 0.350. The van der Waals surface area contributed by atoms with E-state index in [1.807, 2.05) is 31.2 Å². The lowest BCUT2D eigenvalue weighted by molar-refractivity contribution is 0.591. The number of fused-ring (bicyclic) bond motifs is 1. The molecule has 8 heteroatoms. The van der Waals surface area contributed by atoms with Crippen LogP contribution in [0.2, 0.25) is 0 Å². The number of aliphatic imine (C=N–C) groups is 1. The quantitative estimate of drug-likeness (QED) is 0.549. The van der Waals surface area contributed by atoms with Crippen LogP contribution in [0.1, 0.15) is 18.1 Å². The highest BCUT2D eigenvalue weighted by atomic mass is 32.2. The largest absolute Gasteiger partial charge is 0.357 e. The Morgan fingerprint density at radius 1 is 1.14 bits per heavy atom. The van der Waals surface area contributed by atoms with E-state index in [9.17, 15) is 12.8 Å². The summed E-state index contributed by atoms with van der Waals surface area (Å²) in [6, 6.07) is 13.7. The van der Waals surface area contributed by atoms with Crippen LogP contribution < -0.4 is 14.9 Å². The lowest BCUT2D eigenvalue weighted by atomic mass is 10.2. The van der Waals surface area contributed by atoms with Crippen molar-refractivity contribution in [1.29, 1.82) is 0 Å². The Morgan fingerprint density at radius 2 is 1.89 bits per heavy atom. The molecule has 0 spiro atoms. The first-order valence-corrected chi connectivity index (χ1v) is 11.0. The first-order valence-electron chi connectivity index (χ1n) is 9.34. The normalized spacial score (nSPS) is 14.1. The number of guanidine groups is 1. The van der Waals surface area contributed by atoms with Gasteiger partial charge in [0.05, 0.1) is 18.0 Å². The number of anilines is 1. The average molecular weight is 405 g/mol. The fourth-order valence-corrected chi connectivity index (χ4v) is 4.54. The highest BCUT2D eigenvalue weighted by molar-refractivity contribution is 7.92. The molecule has 1 aliphatic rings. The molecule has 3 rings (SSSR count). The van der Waals surface area contributed by atoms with E-state index in [1.54, 1.807) is 12.1 Å². The van der Waals surface area contributed by atoms with E-state index in [2.05, 4.69) is 15.6 Å². The van der Waals surface area contributed by atoms with E-state index in [4.69, 9.17) is 0 Å². The number of para-hydroxylation sites is 1. The van der Waals surface area contributed by atoms with E-state index in [0.717, 1.165) is 23.2 Å². The summed E-state index contributed by atoms with van der Waals surface area (Å²) in [4.78, 5) is 4.43. The molecule has 0 atom stereocenters. The molecule has 0 fully saturated rings. The van der Waals surface area contributed by atoms with E-state index in [0.29, 0.717) is 25.6 Å². The first-order chi connectivity index (χ1) is 13.5. The van der Waals surface area contributed by atoms with Gasteiger partial charge in [-0.3, -0.25) is 4.31 Å². The maximum Gasteiger partial charge on any atom is 0.236 e. The van der Waals surface area contributed by atoms with Gasteiger partial charge in [0.15, 0.2) is 5.96 Å². The smallest absolute Gasteiger partial charge is 0.236 e. The molecule has 2 N–H and O–H groups in total. The molecule has 28 heavy (non-hydrogen) atoms. The minimum Gasteiger partial charge on any atom is -0.357 e. The van der Waals surface area contributed by atoms with Crippen LogP contribution in [-0.4, -0.2) is 39.8 Å². The molecule has 0 radical (unpaired) electrons. The number of benzene rings is 2. The predicted molar refractivity (Wildman–Crippen MR) is 110 cm³/mol. The van der Waals surface area contributed by atoms with Gasteiger partial charge in [0, 0.05) is 19.6 Å². The van der Waals surface area contributed by atoms with Crippen molar-refractivity contribution < 1.29 is 12.8 Å². The van der Waals surface area contributed by atoms with Crippen molar-refractivity contribution in [1.82, 2.24) is 10.6 Å². The van der Waals surface area contributed by atoms with Gasteiger partial charge < -0.3 is 10.6 Å². The first kappa shape index (κ1) is 20.1. The summed E-state index contributed by atoms with van der Waals surface area (Å²) in [5, 5.41) is 6.16. The fourth-order valence-electron chi connectivity index (χ4n) is 3.11. The summed E-state index contributed by atoms with van der Waals surface area (Å²) in [7, 11) is -3.41. The predicted octanol–water partition coefficient (Wildman–Crippen LogP) is 2.27. The van der Waals surface area contributed by atoms with Crippen molar-refractivity contribution in [3.8, 4) is 0 Å². The molecule has 0 saturated carbocycles. The molecule has 0 amide bonds. The standard InChI is InChI=1S/C20H25FN4O2S/c1-2-22-20(24-15-16-7-9-18(21)10-8-16)23-12-14-28(26,27)25-13-11-17-5-3-4-6-19(17)25/h3-10H,2,11-15H2,1H3,(H2,22,23,24). The zero-order chi connectivity index (χ0) is 20.0. The minimum atomic E-state index is -3.41. The van der Waals surface area contributed by atoms with Gasteiger partial charge in [0.25, 0.3) is 0 Å². The second-order valence-corrected chi connectivity index (χ2v) is 8.53. The van der Waals surface area contributed by atoms with Crippen LogP contribution in [0.15, 0.2) is 53.5 Å². The van der Waals surface area contributed by atoms with Gasteiger partial charge in [-0.15, -0.1) is 0 Å². The Labute approximate surface area is 165 Å². The maximum atomic E-state index is 13.0. The Morgan fingerprint density at radius 3 is 2.64 bits per heavy atom. The number of hydrogen-bond donors (Lipinski definition) is 2. The van der Waals surface area contributed by atoms with E-state index >= 15 is 0 Å². The maximum absolute atomic E-state index is 13.0. The molecule has 1 heterocycles. The molecule has 2 aromatic carbocycles. The SMILES string of the molecule is CCNC(=NCc1ccc(F)cc1)NCCS(=O)(=O)N1CCc2ccccc21. The minimum absolute atomic E-state index is 0.0255. The van der Waals surface area contributed by atoms with Crippen LogP contribution >= 0.6 is 0 Å². The molecular formula is C20H25FN4O2S. The summed E-state index contributed by atoms with van der Waals surface area (Å²) in [5.74, 6) is 0.220. The van der Waals surface area contributed by atoms with Gasteiger partial charge in [-0.1, -0.05) is 30.3 Å². The van der Waals surface area contributed by atoms with Crippen molar-refractivity contribution in [2.75, 3.05) is 29.7 Å². The van der Waals surface area contributed by atoms with Gasteiger partial charge in [0.1, 0.15) is 5.82 Å². The number of sulfonamides is 1. The Bertz CT molecular complexity index is 929. The molecule has 150 valence electrons. The highest BCUT2D eigenvalue weighted by Crippen LogP contribution is 2.29. The van der Waals surface area contributed by atoms with Gasteiger partial charge in [0.2, 0.25) is 10.0 Å². The van der Waals surface area contributed by atoms with Crippen molar-refractivity contribution in [2.24, 2.45) is 4.99 Å². The zero-order valence-electron chi connectivity index (χ0n) is 15.9. The molecule has 6 nitrogen and oxygen atoms in total. The van der Waals surface area contributed by atoms with Crippen molar-refractivity contribution in [2.45, 2.75) is 19.9 Å². The third kappa shape index (κ3) is 5.01. The Balaban J connectivity index is 1.58. The molecule has 0 unspecified atom stereocenters. The number of hydrogen-bond acceptors (Lipinski definition) is 3. The lowest BCUT2D eigenvalue weighted by Crippen LogP contribution is -2.42. The zero-order valence-corrected chi connectivity index (χ0v) is 16.7. The van der Waals surface area contributed by atoms with Crippen molar-refractivity contribution >= 4 is 21.7 Å². The second kappa shape index (κ2) is 9.05. The molecule has 0 aliphatic carbocycles. The van der Waals surface area contributed by atoms with Crippen LogP contribution in [0.3, 0.4) is 0 Å². The van der Waals surface area contributed by atoms with Gasteiger partial charge in [-0.05, 0) is 42.7 Å². The highest BCUT2D eigenvalue weighted by Gasteiger charge is 2.28. The molecular weight excluding hydrogens is 379 g/mol. The van der Waals surface area contributed by atoms with Crippen LogP contribution in [0.5, 0.6) is 0 Å². The van der Waals surface area contributed by atoms with Gasteiger partial charge in [-0.2, -0.15) is 0 Å². The Kier molecular flexibility index (Phi) is 6.51. The van der Waals surface area contributed by atoms with Gasteiger partial charge >= 0.3 is 0 Å². The van der Waals surface area contributed by atoms with E-state index < -0.39 is 10.0 Å². The molecule has 2 aromatic rings. The summed E-state index contributed by atoms with van der Waals surface area (Å²) in [6.45, 7) is 3.70. The van der Waals surface area contributed by atoms with Gasteiger partial charge in [-0.25, -0.2) is 17.8 Å². The molecule has 0 aromatic heterocycles. The second-order valence-electron chi connectivity index (χ2n) is 6.52. The summed E-state index contributed by atoms with van der Waals surface area (Å²) < 4.78 is 39.9. The Hall–Kier alpha value is -2.61. The van der Waals surface area contributed by atoms with Crippen LogP contribution in [-0.2, 0) is 23.0 Å². The van der Waals surface area contributed by atoms with E-state index in [1.165, 1.54) is 16.4 Å². The molecule has 0 bridgehead atoms. The van der Waals surface area contributed by atoms with E-state index in [-0.39, 0.29) is 18.1 Å². The third-order valence-corrected chi connectivity index (χ3v) is 6.28. The average Bonchev–Trinajstić information content (AvgIpc) is 3.12. The number of nitrogens with zero attached hydrogens (tertiary/aromatic N) is 2. The molecule has 1 aliphatic heterocycles. The number of halogens is 1. The number of rotatable bonds is 7.